The third kappa shape index (κ3) is 3.76. The van der Waals surface area contributed by atoms with Crippen LogP contribution in [-0.2, 0) is 11.3 Å². The van der Waals surface area contributed by atoms with Crippen LogP contribution in [0.4, 0.5) is 5.69 Å². The highest BCUT2D eigenvalue weighted by molar-refractivity contribution is 5.54. The van der Waals surface area contributed by atoms with Gasteiger partial charge in [-0.25, -0.2) is 0 Å². The monoisotopic (exact) mass is 290 g/mol. The highest BCUT2D eigenvalue weighted by atomic mass is 16.5. The zero-order valence-corrected chi connectivity index (χ0v) is 12.7. The summed E-state index contributed by atoms with van der Waals surface area (Å²) < 4.78 is 5.32. The van der Waals surface area contributed by atoms with E-state index in [0.29, 0.717) is 19.8 Å². The van der Waals surface area contributed by atoms with Crippen molar-refractivity contribution in [3.8, 4) is 0 Å². The van der Waals surface area contributed by atoms with Crippen molar-refractivity contribution in [2.45, 2.75) is 37.8 Å². The number of benzene rings is 1. The Balaban J connectivity index is 1.57. The van der Waals surface area contributed by atoms with Gasteiger partial charge in [0.05, 0.1) is 5.60 Å². The van der Waals surface area contributed by atoms with E-state index in [0.717, 1.165) is 32.5 Å². The van der Waals surface area contributed by atoms with Gasteiger partial charge in [0, 0.05) is 57.9 Å². The van der Waals surface area contributed by atoms with E-state index >= 15 is 0 Å². The van der Waals surface area contributed by atoms with Crippen LogP contribution < -0.4 is 10.2 Å². The number of hydrogen-bond acceptors (Lipinski definition) is 4. The SMILES string of the molecule is OC1(CNCc2ccccc2N2CCCC2)CCOCC1. The number of rotatable bonds is 5. The number of nitrogens with zero attached hydrogens (tertiary/aromatic N) is 1. The lowest BCUT2D eigenvalue weighted by Gasteiger charge is -2.32. The molecule has 2 aliphatic rings. The summed E-state index contributed by atoms with van der Waals surface area (Å²) in [4.78, 5) is 2.47. The summed E-state index contributed by atoms with van der Waals surface area (Å²) in [6, 6.07) is 8.61. The van der Waals surface area contributed by atoms with Crippen LogP contribution in [0.5, 0.6) is 0 Å². The summed E-state index contributed by atoms with van der Waals surface area (Å²) in [6.07, 6.45) is 4.05. The number of anilines is 1. The highest BCUT2D eigenvalue weighted by Crippen LogP contribution is 2.25. The predicted octanol–water partition coefficient (Wildman–Crippen LogP) is 1.92. The van der Waals surface area contributed by atoms with Crippen molar-refractivity contribution in [2.75, 3.05) is 37.7 Å². The number of nitrogens with one attached hydrogen (secondary N) is 1. The molecule has 2 aliphatic heterocycles. The lowest BCUT2D eigenvalue weighted by molar-refractivity contribution is -0.0616. The Labute approximate surface area is 127 Å². The predicted molar refractivity (Wildman–Crippen MR) is 84.6 cm³/mol. The average molecular weight is 290 g/mol. The molecule has 0 aromatic heterocycles. The van der Waals surface area contributed by atoms with Crippen molar-refractivity contribution >= 4 is 5.69 Å². The quantitative estimate of drug-likeness (QED) is 0.869. The smallest absolute Gasteiger partial charge is 0.0815 e. The third-order valence-electron chi connectivity index (χ3n) is 4.63. The van der Waals surface area contributed by atoms with Gasteiger partial charge in [-0.05, 0) is 24.5 Å². The van der Waals surface area contributed by atoms with E-state index < -0.39 is 5.60 Å². The number of ether oxygens (including phenoxy) is 1. The summed E-state index contributed by atoms with van der Waals surface area (Å²) in [5.41, 5.74) is 2.08. The molecular formula is C17H26N2O2. The van der Waals surface area contributed by atoms with Gasteiger partial charge in [-0.3, -0.25) is 0 Å². The van der Waals surface area contributed by atoms with Gasteiger partial charge >= 0.3 is 0 Å². The van der Waals surface area contributed by atoms with Crippen LogP contribution in [0.15, 0.2) is 24.3 Å². The number of hydrogen-bond donors (Lipinski definition) is 2. The number of aliphatic hydroxyl groups is 1. The molecule has 3 rings (SSSR count). The second-order valence-electron chi connectivity index (χ2n) is 6.26. The maximum absolute atomic E-state index is 10.5. The van der Waals surface area contributed by atoms with E-state index in [1.165, 1.54) is 24.1 Å². The van der Waals surface area contributed by atoms with Gasteiger partial charge in [-0.1, -0.05) is 18.2 Å². The molecule has 0 aliphatic carbocycles. The van der Waals surface area contributed by atoms with Crippen molar-refractivity contribution in [2.24, 2.45) is 0 Å². The Bertz CT molecular complexity index is 452. The normalized spacial score (nSPS) is 21.7. The standard InChI is InChI=1S/C17H26N2O2/c20-17(7-11-21-12-8-17)14-18-13-15-5-1-2-6-16(15)19-9-3-4-10-19/h1-2,5-6,18,20H,3-4,7-14H2. The average Bonchev–Trinajstić information content (AvgIpc) is 3.02. The van der Waals surface area contributed by atoms with Crippen LogP contribution >= 0.6 is 0 Å². The molecule has 4 heteroatoms. The highest BCUT2D eigenvalue weighted by Gasteiger charge is 2.29. The minimum absolute atomic E-state index is 0.596. The molecule has 0 unspecified atom stereocenters. The molecule has 2 heterocycles. The van der Waals surface area contributed by atoms with Crippen molar-refractivity contribution in [3.63, 3.8) is 0 Å². The minimum atomic E-state index is -0.596. The molecule has 0 saturated carbocycles. The van der Waals surface area contributed by atoms with E-state index in [-0.39, 0.29) is 0 Å². The first-order valence-electron chi connectivity index (χ1n) is 8.11. The van der Waals surface area contributed by atoms with Crippen LogP contribution in [0, 0.1) is 0 Å². The van der Waals surface area contributed by atoms with Gasteiger partial charge < -0.3 is 20.1 Å². The Morgan fingerprint density at radius 1 is 1.14 bits per heavy atom. The fourth-order valence-electron chi connectivity index (χ4n) is 3.28. The molecule has 116 valence electrons. The molecule has 0 radical (unpaired) electrons. The lowest BCUT2D eigenvalue weighted by Crippen LogP contribution is -2.44. The molecule has 21 heavy (non-hydrogen) atoms. The summed E-state index contributed by atoms with van der Waals surface area (Å²) in [5, 5.41) is 13.9. The van der Waals surface area contributed by atoms with Crippen LogP contribution in [0.3, 0.4) is 0 Å². The molecule has 0 spiro atoms. The molecule has 1 aromatic rings. The summed E-state index contributed by atoms with van der Waals surface area (Å²) >= 11 is 0. The minimum Gasteiger partial charge on any atom is -0.388 e. The zero-order chi connectivity index (χ0) is 14.5. The summed E-state index contributed by atoms with van der Waals surface area (Å²) in [7, 11) is 0. The molecular weight excluding hydrogens is 264 g/mol. The third-order valence-corrected chi connectivity index (χ3v) is 4.63. The Hall–Kier alpha value is -1.10. The Morgan fingerprint density at radius 3 is 2.62 bits per heavy atom. The topological polar surface area (TPSA) is 44.7 Å². The first-order valence-corrected chi connectivity index (χ1v) is 8.11. The van der Waals surface area contributed by atoms with E-state index in [1.807, 2.05) is 0 Å². The summed E-state index contributed by atoms with van der Waals surface area (Å²) in [6.45, 7) is 5.13. The van der Waals surface area contributed by atoms with E-state index in [4.69, 9.17) is 4.74 Å². The first-order chi connectivity index (χ1) is 10.3. The van der Waals surface area contributed by atoms with E-state index in [1.54, 1.807) is 0 Å². The van der Waals surface area contributed by atoms with Gasteiger partial charge in [-0.15, -0.1) is 0 Å². The van der Waals surface area contributed by atoms with Gasteiger partial charge in [0.25, 0.3) is 0 Å². The van der Waals surface area contributed by atoms with E-state index in [2.05, 4.69) is 34.5 Å². The Kier molecular flexibility index (Phi) is 4.78. The molecule has 2 saturated heterocycles. The Morgan fingerprint density at radius 2 is 1.86 bits per heavy atom. The van der Waals surface area contributed by atoms with Gasteiger partial charge in [-0.2, -0.15) is 0 Å². The van der Waals surface area contributed by atoms with Crippen molar-refractivity contribution in [1.82, 2.24) is 5.32 Å². The van der Waals surface area contributed by atoms with Crippen LogP contribution in [-0.4, -0.2) is 43.6 Å². The van der Waals surface area contributed by atoms with Crippen molar-refractivity contribution < 1.29 is 9.84 Å². The van der Waals surface area contributed by atoms with Gasteiger partial charge in [0.1, 0.15) is 0 Å². The van der Waals surface area contributed by atoms with Crippen LogP contribution in [0.1, 0.15) is 31.2 Å². The molecule has 0 atom stereocenters. The molecule has 4 nitrogen and oxygen atoms in total. The zero-order valence-electron chi connectivity index (χ0n) is 12.7. The maximum Gasteiger partial charge on any atom is 0.0815 e. The fraction of sp³-hybridized carbons (Fsp3) is 0.647. The maximum atomic E-state index is 10.5. The largest absolute Gasteiger partial charge is 0.388 e. The van der Waals surface area contributed by atoms with Gasteiger partial charge in [0.2, 0.25) is 0 Å². The van der Waals surface area contributed by atoms with Gasteiger partial charge in [0.15, 0.2) is 0 Å². The first kappa shape index (κ1) is 14.8. The molecule has 2 fully saturated rings. The summed E-state index contributed by atoms with van der Waals surface area (Å²) in [5.74, 6) is 0. The van der Waals surface area contributed by atoms with Crippen molar-refractivity contribution in [1.29, 1.82) is 0 Å². The van der Waals surface area contributed by atoms with Crippen molar-refractivity contribution in [3.05, 3.63) is 29.8 Å². The number of para-hydroxylation sites is 1. The molecule has 2 N–H and O–H groups in total. The van der Waals surface area contributed by atoms with Crippen LogP contribution in [0.25, 0.3) is 0 Å². The molecule has 0 amide bonds. The second-order valence-corrected chi connectivity index (χ2v) is 6.26. The molecule has 0 bridgehead atoms. The lowest BCUT2D eigenvalue weighted by atomic mass is 9.94. The fourth-order valence-corrected chi connectivity index (χ4v) is 3.28. The van der Waals surface area contributed by atoms with Crippen LogP contribution in [0.2, 0.25) is 0 Å². The second kappa shape index (κ2) is 6.77. The molecule has 1 aromatic carbocycles. The van der Waals surface area contributed by atoms with E-state index in [9.17, 15) is 5.11 Å².